The van der Waals surface area contributed by atoms with E-state index in [1.807, 2.05) is 13.8 Å². The second kappa shape index (κ2) is 6.96. The summed E-state index contributed by atoms with van der Waals surface area (Å²) in [4.78, 5) is 12.1. The highest BCUT2D eigenvalue weighted by Crippen LogP contribution is 2.28. The van der Waals surface area contributed by atoms with Crippen LogP contribution in [0.1, 0.15) is 24.2 Å². The van der Waals surface area contributed by atoms with Crippen LogP contribution in [0.25, 0.3) is 0 Å². The van der Waals surface area contributed by atoms with Crippen molar-refractivity contribution >= 4 is 33.5 Å². The fraction of sp³-hybridized carbons (Fsp3) is 0.188. The van der Waals surface area contributed by atoms with E-state index in [-0.39, 0.29) is 6.10 Å². The third-order valence-electron chi connectivity index (χ3n) is 2.56. The predicted molar refractivity (Wildman–Crippen MR) is 86.3 cm³/mol. The summed E-state index contributed by atoms with van der Waals surface area (Å²) in [6, 6.07) is 11.8. The Morgan fingerprint density at radius 3 is 2.38 bits per heavy atom. The predicted octanol–water partition coefficient (Wildman–Crippen LogP) is 5.11. The zero-order valence-electron chi connectivity index (χ0n) is 11.6. The molecule has 0 saturated heterocycles. The molecule has 110 valence electrons. The van der Waals surface area contributed by atoms with Crippen molar-refractivity contribution < 1.29 is 14.3 Å². The molecule has 0 saturated carbocycles. The minimum absolute atomic E-state index is 0.0906. The van der Waals surface area contributed by atoms with Gasteiger partial charge in [0.2, 0.25) is 0 Å². The van der Waals surface area contributed by atoms with Crippen LogP contribution in [0, 0.1) is 0 Å². The van der Waals surface area contributed by atoms with Gasteiger partial charge in [-0.05, 0) is 72.2 Å². The van der Waals surface area contributed by atoms with Gasteiger partial charge in [-0.1, -0.05) is 11.6 Å². The summed E-state index contributed by atoms with van der Waals surface area (Å²) in [6.07, 6.45) is 0.0906. The van der Waals surface area contributed by atoms with Crippen molar-refractivity contribution in [2.45, 2.75) is 20.0 Å². The Bertz CT molecular complexity index is 638. The highest BCUT2D eigenvalue weighted by atomic mass is 79.9. The van der Waals surface area contributed by atoms with Crippen LogP contribution in [-0.2, 0) is 0 Å². The van der Waals surface area contributed by atoms with Gasteiger partial charge >= 0.3 is 5.97 Å². The third-order valence-corrected chi connectivity index (χ3v) is 3.41. The maximum absolute atomic E-state index is 12.1. The molecule has 0 radical (unpaired) electrons. The maximum Gasteiger partial charge on any atom is 0.343 e. The summed E-state index contributed by atoms with van der Waals surface area (Å²) in [7, 11) is 0. The number of esters is 1. The van der Waals surface area contributed by atoms with Gasteiger partial charge in [0, 0.05) is 5.02 Å². The quantitative estimate of drug-likeness (QED) is 0.555. The normalized spacial score (nSPS) is 10.5. The molecule has 0 unspecified atom stereocenters. The van der Waals surface area contributed by atoms with Gasteiger partial charge in [0.05, 0.1) is 16.1 Å². The molecule has 0 aliphatic heterocycles. The van der Waals surface area contributed by atoms with Gasteiger partial charge in [-0.2, -0.15) is 0 Å². The molecule has 2 aromatic rings. The SMILES string of the molecule is CC(C)Oc1ccc(C(=O)Oc2ccc(Cl)cc2Br)cc1. The van der Waals surface area contributed by atoms with E-state index in [2.05, 4.69) is 15.9 Å². The third kappa shape index (κ3) is 4.48. The highest BCUT2D eigenvalue weighted by Gasteiger charge is 2.11. The standard InChI is InChI=1S/C16H14BrClO3/c1-10(2)20-13-6-3-11(4-7-13)16(19)21-15-8-5-12(18)9-14(15)17/h3-10H,1-2H3. The van der Waals surface area contributed by atoms with Gasteiger partial charge in [0.15, 0.2) is 0 Å². The lowest BCUT2D eigenvalue weighted by Crippen LogP contribution is -2.09. The first-order chi connectivity index (χ1) is 9.95. The van der Waals surface area contributed by atoms with Gasteiger partial charge in [0.1, 0.15) is 11.5 Å². The fourth-order valence-electron chi connectivity index (χ4n) is 1.66. The zero-order chi connectivity index (χ0) is 15.4. The zero-order valence-corrected chi connectivity index (χ0v) is 13.9. The van der Waals surface area contributed by atoms with Crippen molar-refractivity contribution in [3.63, 3.8) is 0 Å². The molecule has 3 nitrogen and oxygen atoms in total. The summed E-state index contributed by atoms with van der Waals surface area (Å²) < 4.78 is 11.5. The minimum atomic E-state index is -0.436. The molecule has 0 atom stereocenters. The largest absolute Gasteiger partial charge is 0.491 e. The first kappa shape index (κ1) is 15.9. The number of hydrogen-bond acceptors (Lipinski definition) is 3. The van der Waals surface area contributed by atoms with Crippen LogP contribution in [0.15, 0.2) is 46.9 Å². The second-order valence-electron chi connectivity index (χ2n) is 4.66. The van der Waals surface area contributed by atoms with E-state index in [0.717, 1.165) is 0 Å². The van der Waals surface area contributed by atoms with Gasteiger partial charge in [-0.3, -0.25) is 0 Å². The first-order valence-electron chi connectivity index (χ1n) is 6.39. The number of halogens is 2. The Hall–Kier alpha value is -1.52. The Labute approximate surface area is 137 Å². The van der Waals surface area contributed by atoms with Crippen LogP contribution in [0.4, 0.5) is 0 Å². The van der Waals surface area contributed by atoms with Crippen molar-refractivity contribution in [1.29, 1.82) is 0 Å². The number of carbonyl (C=O) groups is 1. The van der Waals surface area contributed by atoms with E-state index in [1.54, 1.807) is 42.5 Å². The average Bonchev–Trinajstić information content (AvgIpc) is 2.42. The smallest absolute Gasteiger partial charge is 0.343 e. The fourth-order valence-corrected chi connectivity index (χ4v) is 2.42. The molecule has 0 spiro atoms. The van der Waals surface area contributed by atoms with Crippen LogP contribution in [0.5, 0.6) is 11.5 Å². The summed E-state index contributed by atoms with van der Waals surface area (Å²) in [5.74, 6) is 0.704. The molecule has 0 aliphatic carbocycles. The molecule has 0 heterocycles. The van der Waals surface area contributed by atoms with Crippen LogP contribution in [-0.4, -0.2) is 12.1 Å². The maximum atomic E-state index is 12.1. The molecule has 0 aromatic heterocycles. The van der Waals surface area contributed by atoms with E-state index >= 15 is 0 Å². The molecular formula is C16H14BrClO3. The summed E-state index contributed by atoms with van der Waals surface area (Å²) in [6.45, 7) is 3.89. The van der Waals surface area contributed by atoms with Gasteiger partial charge in [-0.15, -0.1) is 0 Å². The average molecular weight is 370 g/mol. The van der Waals surface area contributed by atoms with E-state index in [0.29, 0.717) is 26.6 Å². The van der Waals surface area contributed by atoms with Crippen molar-refractivity contribution in [2.75, 3.05) is 0 Å². The van der Waals surface area contributed by atoms with Crippen molar-refractivity contribution in [1.82, 2.24) is 0 Å². The summed E-state index contributed by atoms with van der Waals surface area (Å²) in [5, 5.41) is 0.567. The molecule has 2 rings (SSSR count). The monoisotopic (exact) mass is 368 g/mol. The number of carbonyl (C=O) groups excluding carboxylic acids is 1. The van der Waals surface area contributed by atoms with E-state index in [4.69, 9.17) is 21.1 Å². The Kier molecular flexibility index (Phi) is 5.26. The summed E-state index contributed by atoms with van der Waals surface area (Å²) >= 11 is 9.15. The second-order valence-corrected chi connectivity index (χ2v) is 5.95. The lowest BCUT2D eigenvalue weighted by Gasteiger charge is -2.10. The van der Waals surface area contributed by atoms with Crippen LogP contribution >= 0.6 is 27.5 Å². The lowest BCUT2D eigenvalue weighted by molar-refractivity contribution is 0.0733. The molecule has 0 aliphatic rings. The molecular weight excluding hydrogens is 356 g/mol. The molecule has 0 N–H and O–H groups in total. The van der Waals surface area contributed by atoms with Gasteiger partial charge in [-0.25, -0.2) is 4.79 Å². The molecule has 21 heavy (non-hydrogen) atoms. The van der Waals surface area contributed by atoms with Crippen molar-refractivity contribution in [2.24, 2.45) is 0 Å². The molecule has 0 amide bonds. The number of rotatable bonds is 4. The van der Waals surface area contributed by atoms with Crippen molar-refractivity contribution in [3.05, 3.63) is 57.5 Å². The summed E-state index contributed by atoms with van der Waals surface area (Å²) in [5.41, 5.74) is 0.452. The minimum Gasteiger partial charge on any atom is -0.491 e. The lowest BCUT2D eigenvalue weighted by atomic mass is 10.2. The number of hydrogen-bond donors (Lipinski definition) is 0. The Morgan fingerprint density at radius 2 is 1.81 bits per heavy atom. The van der Waals surface area contributed by atoms with E-state index in [1.165, 1.54) is 0 Å². The van der Waals surface area contributed by atoms with E-state index in [9.17, 15) is 4.79 Å². The Morgan fingerprint density at radius 1 is 1.14 bits per heavy atom. The molecule has 2 aromatic carbocycles. The van der Waals surface area contributed by atoms with Crippen LogP contribution in [0.2, 0.25) is 5.02 Å². The molecule has 0 bridgehead atoms. The molecule has 5 heteroatoms. The topological polar surface area (TPSA) is 35.5 Å². The van der Waals surface area contributed by atoms with Crippen LogP contribution < -0.4 is 9.47 Å². The Balaban J connectivity index is 2.09. The van der Waals surface area contributed by atoms with Gasteiger partial charge in [0.25, 0.3) is 0 Å². The molecule has 0 fully saturated rings. The van der Waals surface area contributed by atoms with Crippen LogP contribution in [0.3, 0.4) is 0 Å². The number of benzene rings is 2. The van der Waals surface area contributed by atoms with Crippen molar-refractivity contribution in [3.8, 4) is 11.5 Å². The van der Waals surface area contributed by atoms with Gasteiger partial charge < -0.3 is 9.47 Å². The first-order valence-corrected chi connectivity index (χ1v) is 7.57. The number of ether oxygens (including phenoxy) is 2. The highest BCUT2D eigenvalue weighted by molar-refractivity contribution is 9.10. The van der Waals surface area contributed by atoms with E-state index < -0.39 is 5.97 Å².